The van der Waals surface area contributed by atoms with E-state index >= 15 is 0 Å². The molecule has 0 fully saturated rings. The van der Waals surface area contributed by atoms with Gasteiger partial charge in [0.1, 0.15) is 22.8 Å². The largest absolute Gasteiger partial charge is 0.497 e. The SMILES string of the molecule is COc1ccc(C(CNC(=O)c2c(C(C)(C)C)noc2C)N(C)C)cc1. The van der Waals surface area contributed by atoms with Gasteiger partial charge in [-0.2, -0.15) is 0 Å². The Labute approximate surface area is 155 Å². The number of amides is 1. The topological polar surface area (TPSA) is 67.6 Å². The van der Waals surface area contributed by atoms with E-state index in [4.69, 9.17) is 9.26 Å². The van der Waals surface area contributed by atoms with Crippen LogP contribution in [0.4, 0.5) is 0 Å². The normalized spacial score (nSPS) is 12.9. The number of hydrogen-bond donors (Lipinski definition) is 1. The molecule has 1 atom stereocenters. The number of methoxy groups -OCH3 is 1. The Hall–Kier alpha value is -2.34. The average molecular weight is 359 g/mol. The summed E-state index contributed by atoms with van der Waals surface area (Å²) in [4.78, 5) is 14.9. The van der Waals surface area contributed by atoms with Crippen molar-refractivity contribution in [3.63, 3.8) is 0 Å². The molecule has 0 saturated heterocycles. The van der Waals surface area contributed by atoms with Gasteiger partial charge in [0, 0.05) is 12.0 Å². The predicted molar refractivity (Wildman–Crippen MR) is 102 cm³/mol. The highest BCUT2D eigenvalue weighted by Crippen LogP contribution is 2.27. The maximum absolute atomic E-state index is 12.8. The van der Waals surface area contributed by atoms with E-state index in [0.717, 1.165) is 11.3 Å². The maximum atomic E-state index is 12.8. The van der Waals surface area contributed by atoms with Crippen LogP contribution >= 0.6 is 0 Å². The predicted octanol–water partition coefficient (Wildman–Crippen LogP) is 3.32. The van der Waals surface area contributed by atoms with Crippen LogP contribution in [0.3, 0.4) is 0 Å². The van der Waals surface area contributed by atoms with Gasteiger partial charge in [0.05, 0.1) is 13.2 Å². The number of likely N-dealkylation sites (N-methyl/N-ethyl adjacent to an activating group) is 1. The van der Waals surface area contributed by atoms with E-state index in [0.29, 0.717) is 23.6 Å². The van der Waals surface area contributed by atoms with Crippen molar-refractivity contribution >= 4 is 5.91 Å². The zero-order chi connectivity index (χ0) is 19.5. The Kier molecular flexibility index (Phi) is 6.08. The summed E-state index contributed by atoms with van der Waals surface area (Å²) in [6.07, 6.45) is 0. The number of benzene rings is 1. The highest BCUT2D eigenvalue weighted by atomic mass is 16.5. The first-order valence-corrected chi connectivity index (χ1v) is 8.70. The van der Waals surface area contributed by atoms with Crippen LogP contribution in [-0.2, 0) is 5.41 Å². The summed E-state index contributed by atoms with van der Waals surface area (Å²) in [6, 6.07) is 7.93. The van der Waals surface area contributed by atoms with Crippen LogP contribution in [0.2, 0.25) is 0 Å². The number of aromatic nitrogens is 1. The van der Waals surface area contributed by atoms with E-state index in [1.165, 1.54) is 0 Å². The first kappa shape index (κ1) is 20.0. The molecule has 142 valence electrons. The van der Waals surface area contributed by atoms with Crippen LogP contribution in [0.25, 0.3) is 0 Å². The first-order chi connectivity index (χ1) is 12.1. The lowest BCUT2D eigenvalue weighted by Crippen LogP contribution is -2.35. The number of carbonyl (C=O) groups excluding carboxylic acids is 1. The van der Waals surface area contributed by atoms with Gasteiger partial charge in [-0.25, -0.2) is 0 Å². The molecule has 0 aliphatic heterocycles. The van der Waals surface area contributed by atoms with Gasteiger partial charge in [-0.3, -0.25) is 4.79 Å². The molecule has 0 saturated carbocycles. The Morgan fingerprint density at radius 3 is 2.38 bits per heavy atom. The zero-order valence-electron chi connectivity index (χ0n) is 16.7. The minimum absolute atomic E-state index is 0.0445. The van der Waals surface area contributed by atoms with Gasteiger partial charge >= 0.3 is 0 Å². The second-order valence-electron chi connectivity index (χ2n) is 7.67. The van der Waals surface area contributed by atoms with Crippen molar-refractivity contribution in [2.75, 3.05) is 27.7 Å². The van der Waals surface area contributed by atoms with Gasteiger partial charge in [-0.05, 0) is 38.7 Å². The number of ether oxygens (including phenoxy) is 1. The number of rotatable bonds is 6. The Bertz CT molecular complexity index is 743. The van der Waals surface area contributed by atoms with Crippen LogP contribution in [0.5, 0.6) is 5.75 Å². The zero-order valence-corrected chi connectivity index (χ0v) is 16.7. The van der Waals surface area contributed by atoms with Gasteiger partial charge in [-0.15, -0.1) is 0 Å². The summed E-state index contributed by atoms with van der Waals surface area (Å²) in [6.45, 7) is 8.29. The third kappa shape index (κ3) is 4.43. The smallest absolute Gasteiger partial charge is 0.256 e. The van der Waals surface area contributed by atoms with Crippen LogP contribution in [0.15, 0.2) is 28.8 Å². The fourth-order valence-corrected chi connectivity index (χ4v) is 2.85. The molecule has 1 aromatic heterocycles. The molecular weight excluding hydrogens is 330 g/mol. The molecule has 6 nitrogen and oxygen atoms in total. The van der Waals surface area contributed by atoms with E-state index in [1.807, 2.05) is 59.1 Å². The molecule has 1 amide bonds. The molecule has 1 aromatic carbocycles. The van der Waals surface area contributed by atoms with Crippen molar-refractivity contribution < 1.29 is 14.1 Å². The Morgan fingerprint density at radius 2 is 1.88 bits per heavy atom. The second-order valence-corrected chi connectivity index (χ2v) is 7.67. The summed E-state index contributed by atoms with van der Waals surface area (Å²) < 4.78 is 10.5. The number of hydrogen-bond acceptors (Lipinski definition) is 5. The lowest BCUT2D eigenvalue weighted by molar-refractivity contribution is 0.0938. The molecular formula is C20H29N3O3. The monoisotopic (exact) mass is 359 g/mol. The van der Waals surface area contributed by atoms with Gasteiger partial charge < -0.3 is 19.5 Å². The summed E-state index contributed by atoms with van der Waals surface area (Å²) in [5, 5.41) is 7.12. The molecule has 6 heteroatoms. The van der Waals surface area contributed by atoms with Crippen molar-refractivity contribution in [1.29, 1.82) is 0 Å². The van der Waals surface area contributed by atoms with Gasteiger partial charge in [0.2, 0.25) is 0 Å². The summed E-state index contributed by atoms with van der Waals surface area (Å²) in [7, 11) is 5.63. The number of aryl methyl sites for hydroxylation is 1. The van der Waals surface area contributed by atoms with E-state index in [-0.39, 0.29) is 17.4 Å². The average Bonchev–Trinajstić information content (AvgIpc) is 2.97. The van der Waals surface area contributed by atoms with Crippen LogP contribution < -0.4 is 10.1 Å². The lowest BCUT2D eigenvalue weighted by Gasteiger charge is -2.25. The molecule has 0 bridgehead atoms. The molecule has 26 heavy (non-hydrogen) atoms. The maximum Gasteiger partial charge on any atom is 0.256 e. The standard InChI is InChI=1S/C20H29N3O3/c1-13-17(18(22-26-13)20(2,3)4)19(24)21-12-16(23(5)6)14-8-10-15(25-7)11-9-14/h8-11,16H,12H2,1-7H3,(H,21,24). The van der Waals surface area contributed by atoms with E-state index < -0.39 is 0 Å². The van der Waals surface area contributed by atoms with Crippen molar-refractivity contribution in [2.45, 2.75) is 39.2 Å². The molecule has 1 heterocycles. The summed E-state index contributed by atoms with van der Waals surface area (Å²) >= 11 is 0. The molecule has 2 aromatic rings. The number of nitrogens with one attached hydrogen (secondary N) is 1. The first-order valence-electron chi connectivity index (χ1n) is 8.70. The van der Waals surface area contributed by atoms with Gasteiger partial charge in [0.25, 0.3) is 5.91 Å². The van der Waals surface area contributed by atoms with Crippen LogP contribution in [0.1, 0.15) is 54.2 Å². The number of nitrogens with zero attached hydrogens (tertiary/aromatic N) is 2. The van der Waals surface area contributed by atoms with Crippen LogP contribution in [0, 0.1) is 6.92 Å². The minimum atomic E-state index is -0.263. The minimum Gasteiger partial charge on any atom is -0.497 e. The fraction of sp³-hybridized carbons (Fsp3) is 0.500. The second kappa shape index (κ2) is 7.91. The highest BCUT2D eigenvalue weighted by Gasteiger charge is 2.29. The lowest BCUT2D eigenvalue weighted by atomic mass is 9.88. The van der Waals surface area contributed by atoms with Crippen LogP contribution in [-0.4, -0.2) is 43.7 Å². The van der Waals surface area contributed by atoms with Crippen molar-refractivity contribution in [1.82, 2.24) is 15.4 Å². The molecule has 0 aliphatic carbocycles. The van der Waals surface area contributed by atoms with Crippen molar-refractivity contribution in [2.24, 2.45) is 0 Å². The Balaban J connectivity index is 2.17. The van der Waals surface area contributed by atoms with E-state index in [2.05, 4.69) is 15.4 Å². The summed E-state index contributed by atoms with van der Waals surface area (Å²) in [5.74, 6) is 1.19. The van der Waals surface area contributed by atoms with Gasteiger partial charge in [-0.1, -0.05) is 38.1 Å². The number of carbonyl (C=O) groups is 1. The third-order valence-electron chi connectivity index (χ3n) is 4.38. The Morgan fingerprint density at radius 1 is 1.27 bits per heavy atom. The van der Waals surface area contributed by atoms with Crippen molar-refractivity contribution in [3.8, 4) is 5.75 Å². The fourth-order valence-electron chi connectivity index (χ4n) is 2.85. The highest BCUT2D eigenvalue weighted by molar-refractivity contribution is 5.96. The molecule has 2 rings (SSSR count). The van der Waals surface area contributed by atoms with E-state index in [9.17, 15) is 4.79 Å². The summed E-state index contributed by atoms with van der Waals surface area (Å²) in [5.41, 5.74) is 2.05. The molecule has 0 aliphatic rings. The quantitative estimate of drug-likeness (QED) is 0.857. The third-order valence-corrected chi connectivity index (χ3v) is 4.38. The molecule has 1 N–H and O–H groups in total. The molecule has 0 spiro atoms. The van der Waals surface area contributed by atoms with Crippen molar-refractivity contribution in [3.05, 3.63) is 46.8 Å². The molecule has 0 radical (unpaired) electrons. The van der Waals surface area contributed by atoms with E-state index in [1.54, 1.807) is 14.0 Å². The van der Waals surface area contributed by atoms with Gasteiger partial charge in [0.15, 0.2) is 0 Å². The molecule has 1 unspecified atom stereocenters.